The van der Waals surface area contributed by atoms with Crippen molar-refractivity contribution in [3.05, 3.63) is 29.3 Å². The normalized spacial score (nSPS) is 19.6. The molecule has 21 heavy (non-hydrogen) atoms. The third-order valence-corrected chi connectivity index (χ3v) is 4.56. The number of rotatable bonds is 3. The van der Waals surface area contributed by atoms with E-state index < -0.39 is 10.0 Å². The van der Waals surface area contributed by atoms with E-state index in [-0.39, 0.29) is 16.9 Å². The summed E-state index contributed by atoms with van der Waals surface area (Å²) in [5.74, 6) is -0.181. The van der Waals surface area contributed by atoms with Gasteiger partial charge in [-0.15, -0.1) is 0 Å². The molecule has 7 heteroatoms. The van der Waals surface area contributed by atoms with Crippen molar-refractivity contribution in [1.29, 1.82) is 0 Å². The topological polar surface area (TPSA) is 89.7 Å². The number of ether oxygens (including phenoxy) is 1. The molecule has 1 aromatic rings. The van der Waals surface area contributed by atoms with E-state index in [4.69, 9.17) is 9.88 Å². The highest BCUT2D eigenvalue weighted by atomic mass is 32.2. The maximum Gasteiger partial charge on any atom is 0.254 e. The van der Waals surface area contributed by atoms with Crippen LogP contribution in [0.5, 0.6) is 0 Å². The van der Waals surface area contributed by atoms with Gasteiger partial charge in [0.1, 0.15) is 0 Å². The molecule has 1 atom stereocenters. The van der Waals surface area contributed by atoms with Crippen LogP contribution in [0.1, 0.15) is 29.3 Å². The Morgan fingerprint density at radius 1 is 1.48 bits per heavy atom. The zero-order chi connectivity index (χ0) is 15.6. The van der Waals surface area contributed by atoms with E-state index in [1.54, 1.807) is 17.9 Å². The highest BCUT2D eigenvalue weighted by Gasteiger charge is 2.25. The number of hydrogen-bond acceptors (Lipinski definition) is 4. The Hall–Kier alpha value is -1.44. The lowest BCUT2D eigenvalue weighted by molar-refractivity contribution is -0.0226. The molecular formula is C14H20N2O4S. The standard InChI is InChI=1S/C14H20N2O4S/c1-3-11-9-16(6-7-20-11)14(17)13-8-12(21(15,18)19)5-4-10(13)2/h4-5,8,11H,3,6-7,9H2,1-2H3,(H2,15,18,19)/t11-/m0/s1. The quantitative estimate of drug-likeness (QED) is 0.897. The summed E-state index contributed by atoms with van der Waals surface area (Å²) in [5.41, 5.74) is 1.10. The molecule has 0 unspecified atom stereocenters. The number of benzene rings is 1. The van der Waals surface area contributed by atoms with Gasteiger partial charge in [0, 0.05) is 18.7 Å². The Balaban J connectivity index is 2.30. The van der Waals surface area contributed by atoms with E-state index in [0.29, 0.717) is 25.3 Å². The van der Waals surface area contributed by atoms with Crippen LogP contribution in [0.3, 0.4) is 0 Å². The summed E-state index contributed by atoms with van der Waals surface area (Å²) >= 11 is 0. The van der Waals surface area contributed by atoms with E-state index in [1.165, 1.54) is 12.1 Å². The second-order valence-electron chi connectivity index (χ2n) is 5.17. The molecule has 0 aromatic heterocycles. The third kappa shape index (κ3) is 3.61. The molecule has 1 fully saturated rings. The summed E-state index contributed by atoms with van der Waals surface area (Å²) in [4.78, 5) is 14.3. The number of hydrogen-bond donors (Lipinski definition) is 1. The minimum atomic E-state index is -3.82. The number of carbonyl (C=O) groups is 1. The molecule has 1 aliphatic rings. The monoisotopic (exact) mass is 312 g/mol. The van der Waals surface area contributed by atoms with Gasteiger partial charge in [0.15, 0.2) is 0 Å². The fourth-order valence-corrected chi connectivity index (χ4v) is 2.87. The zero-order valence-corrected chi connectivity index (χ0v) is 13.0. The fourth-order valence-electron chi connectivity index (χ4n) is 2.33. The van der Waals surface area contributed by atoms with E-state index in [2.05, 4.69) is 0 Å². The highest BCUT2D eigenvalue weighted by molar-refractivity contribution is 7.89. The number of nitrogens with two attached hydrogens (primary N) is 1. The molecule has 1 heterocycles. The summed E-state index contributed by atoms with van der Waals surface area (Å²) in [6.07, 6.45) is 0.865. The van der Waals surface area contributed by atoms with Gasteiger partial charge in [-0.2, -0.15) is 0 Å². The average Bonchev–Trinajstić information content (AvgIpc) is 2.46. The predicted octanol–water partition coefficient (Wildman–Crippen LogP) is 0.893. The molecule has 1 amide bonds. The molecule has 1 aliphatic heterocycles. The van der Waals surface area contributed by atoms with Gasteiger partial charge in [-0.05, 0) is 31.0 Å². The molecule has 0 bridgehead atoms. The Morgan fingerprint density at radius 3 is 2.81 bits per heavy atom. The molecular weight excluding hydrogens is 292 g/mol. The number of morpholine rings is 1. The summed E-state index contributed by atoms with van der Waals surface area (Å²) in [5, 5.41) is 5.13. The van der Waals surface area contributed by atoms with Crippen LogP contribution in [0.25, 0.3) is 0 Å². The zero-order valence-electron chi connectivity index (χ0n) is 12.2. The van der Waals surface area contributed by atoms with Crippen molar-refractivity contribution < 1.29 is 17.9 Å². The number of amides is 1. The van der Waals surface area contributed by atoms with Gasteiger partial charge in [-0.1, -0.05) is 13.0 Å². The van der Waals surface area contributed by atoms with Crippen LogP contribution in [-0.2, 0) is 14.8 Å². The minimum Gasteiger partial charge on any atom is -0.375 e. The van der Waals surface area contributed by atoms with E-state index in [9.17, 15) is 13.2 Å². The van der Waals surface area contributed by atoms with Crippen molar-refractivity contribution in [2.75, 3.05) is 19.7 Å². The predicted molar refractivity (Wildman–Crippen MR) is 78.5 cm³/mol. The van der Waals surface area contributed by atoms with E-state index in [1.807, 2.05) is 6.92 Å². The number of sulfonamides is 1. The Bertz CT molecular complexity index is 642. The van der Waals surface area contributed by atoms with Gasteiger partial charge in [0.25, 0.3) is 5.91 Å². The smallest absolute Gasteiger partial charge is 0.254 e. The molecule has 1 aromatic carbocycles. The van der Waals surface area contributed by atoms with E-state index >= 15 is 0 Å². The lowest BCUT2D eigenvalue weighted by Gasteiger charge is -2.33. The van der Waals surface area contributed by atoms with Crippen molar-refractivity contribution in [2.24, 2.45) is 5.14 Å². The van der Waals surface area contributed by atoms with Crippen LogP contribution in [-0.4, -0.2) is 45.0 Å². The van der Waals surface area contributed by atoms with Crippen LogP contribution < -0.4 is 5.14 Å². The number of carbonyl (C=O) groups excluding carboxylic acids is 1. The lowest BCUT2D eigenvalue weighted by atomic mass is 10.1. The molecule has 6 nitrogen and oxygen atoms in total. The van der Waals surface area contributed by atoms with Crippen LogP contribution in [0.4, 0.5) is 0 Å². The largest absolute Gasteiger partial charge is 0.375 e. The van der Waals surface area contributed by atoms with Crippen LogP contribution in [0.15, 0.2) is 23.1 Å². The molecule has 1 saturated heterocycles. The number of nitrogens with zero attached hydrogens (tertiary/aromatic N) is 1. The Kier molecular flexibility index (Phi) is 4.65. The van der Waals surface area contributed by atoms with Crippen molar-refractivity contribution in [3.63, 3.8) is 0 Å². The second kappa shape index (κ2) is 6.13. The number of primary sulfonamides is 1. The Labute approximate surface area is 124 Å². The maximum atomic E-state index is 12.6. The summed E-state index contributed by atoms with van der Waals surface area (Å²) in [6, 6.07) is 4.36. The van der Waals surface area contributed by atoms with Crippen molar-refractivity contribution in [1.82, 2.24) is 4.90 Å². The molecule has 116 valence electrons. The van der Waals surface area contributed by atoms with Gasteiger partial charge < -0.3 is 9.64 Å². The summed E-state index contributed by atoms with van der Waals surface area (Å²) < 4.78 is 28.4. The first-order valence-corrected chi connectivity index (χ1v) is 8.42. The molecule has 0 aliphatic carbocycles. The third-order valence-electron chi connectivity index (χ3n) is 3.65. The molecule has 0 saturated carbocycles. The minimum absolute atomic E-state index is 0.0319. The average molecular weight is 312 g/mol. The van der Waals surface area contributed by atoms with Crippen molar-refractivity contribution >= 4 is 15.9 Å². The molecule has 2 rings (SSSR count). The number of aryl methyl sites for hydroxylation is 1. The second-order valence-corrected chi connectivity index (χ2v) is 6.74. The van der Waals surface area contributed by atoms with Gasteiger partial charge in [-0.25, -0.2) is 13.6 Å². The van der Waals surface area contributed by atoms with E-state index in [0.717, 1.165) is 12.0 Å². The molecule has 0 spiro atoms. The van der Waals surface area contributed by atoms with Gasteiger partial charge in [0.05, 0.1) is 17.6 Å². The fraction of sp³-hybridized carbons (Fsp3) is 0.500. The maximum absolute atomic E-state index is 12.6. The van der Waals surface area contributed by atoms with Crippen LogP contribution in [0.2, 0.25) is 0 Å². The summed E-state index contributed by atoms with van der Waals surface area (Å²) in [7, 11) is -3.82. The first-order valence-electron chi connectivity index (χ1n) is 6.87. The van der Waals surface area contributed by atoms with Crippen molar-refractivity contribution in [3.8, 4) is 0 Å². The Morgan fingerprint density at radius 2 is 2.19 bits per heavy atom. The molecule has 0 radical (unpaired) electrons. The van der Waals surface area contributed by atoms with Crippen LogP contribution in [0, 0.1) is 6.92 Å². The van der Waals surface area contributed by atoms with Crippen molar-refractivity contribution in [2.45, 2.75) is 31.3 Å². The lowest BCUT2D eigenvalue weighted by Crippen LogP contribution is -2.45. The summed E-state index contributed by atoms with van der Waals surface area (Å²) in [6.45, 7) is 5.31. The first-order chi connectivity index (χ1) is 9.82. The van der Waals surface area contributed by atoms with Gasteiger partial charge in [-0.3, -0.25) is 4.79 Å². The van der Waals surface area contributed by atoms with Gasteiger partial charge in [0.2, 0.25) is 10.0 Å². The van der Waals surface area contributed by atoms with Gasteiger partial charge >= 0.3 is 0 Å². The first kappa shape index (κ1) is 15.9. The van der Waals surface area contributed by atoms with Crippen LogP contribution >= 0.6 is 0 Å². The SMILES string of the molecule is CC[C@H]1CN(C(=O)c2cc(S(N)(=O)=O)ccc2C)CCO1. The highest BCUT2D eigenvalue weighted by Crippen LogP contribution is 2.18. The molecule has 2 N–H and O–H groups in total.